The number of likely N-dealkylation sites (N-methyl/N-ethyl adjacent to an activating group) is 1. The van der Waals surface area contributed by atoms with E-state index in [1.807, 2.05) is 36.2 Å². The molecule has 0 saturated heterocycles. The van der Waals surface area contributed by atoms with Crippen LogP contribution in [0.5, 0.6) is 0 Å². The normalized spacial score (nSPS) is 23.1. The van der Waals surface area contributed by atoms with Crippen molar-refractivity contribution in [1.82, 2.24) is 4.90 Å². The van der Waals surface area contributed by atoms with Gasteiger partial charge in [0.05, 0.1) is 12.5 Å². The molecule has 1 aliphatic carbocycles. The molecule has 1 amide bonds. The second-order valence-electron chi connectivity index (χ2n) is 5.24. The summed E-state index contributed by atoms with van der Waals surface area (Å²) in [7, 11) is 1.88. The van der Waals surface area contributed by atoms with E-state index in [2.05, 4.69) is 15.9 Å². The number of halogens is 1. The average Bonchev–Trinajstić information content (AvgIpc) is 2.41. The molecule has 104 valence electrons. The van der Waals surface area contributed by atoms with Gasteiger partial charge in [-0.15, -0.1) is 0 Å². The molecule has 2 rings (SSSR count). The molecule has 1 aromatic carbocycles. The molecule has 1 N–H and O–H groups in total. The van der Waals surface area contributed by atoms with Gasteiger partial charge in [0, 0.05) is 17.6 Å². The Hall–Kier alpha value is -0.870. The second-order valence-corrected chi connectivity index (χ2v) is 6.09. The SMILES string of the molecule is CN(C(=O)Cc1ccccc1Br)C1CCC(O)CC1. The number of benzene rings is 1. The molecule has 0 bridgehead atoms. The van der Waals surface area contributed by atoms with Crippen LogP contribution in [0.1, 0.15) is 31.2 Å². The van der Waals surface area contributed by atoms with Crippen molar-refractivity contribution < 1.29 is 9.90 Å². The van der Waals surface area contributed by atoms with Crippen LogP contribution in [0.4, 0.5) is 0 Å². The van der Waals surface area contributed by atoms with Crippen molar-refractivity contribution in [3.05, 3.63) is 34.3 Å². The summed E-state index contributed by atoms with van der Waals surface area (Å²) in [5, 5.41) is 9.51. The first-order chi connectivity index (χ1) is 9.08. The predicted molar refractivity (Wildman–Crippen MR) is 78.9 cm³/mol. The van der Waals surface area contributed by atoms with E-state index >= 15 is 0 Å². The number of amides is 1. The molecule has 3 nitrogen and oxygen atoms in total. The molecule has 19 heavy (non-hydrogen) atoms. The minimum Gasteiger partial charge on any atom is -0.393 e. The van der Waals surface area contributed by atoms with Crippen LogP contribution in [0, 0.1) is 0 Å². The molecule has 1 aliphatic rings. The molecule has 1 fully saturated rings. The van der Waals surface area contributed by atoms with Crippen molar-refractivity contribution in [2.45, 2.75) is 44.2 Å². The first-order valence-electron chi connectivity index (χ1n) is 6.75. The zero-order chi connectivity index (χ0) is 13.8. The molecule has 4 heteroatoms. The van der Waals surface area contributed by atoms with Gasteiger partial charge in [-0.1, -0.05) is 34.1 Å². The lowest BCUT2D eigenvalue weighted by atomic mass is 9.92. The van der Waals surface area contributed by atoms with E-state index in [1.165, 1.54) is 0 Å². The molecular weight excluding hydrogens is 306 g/mol. The van der Waals surface area contributed by atoms with Gasteiger partial charge in [0.2, 0.25) is 5.91 Å². The standard InChI is InChI=1S/C15H20BrNO2/c1-17(12-6-8-13(18)9-7-12)15(19)10-11-4-2-3-5-14(11)16/h2-5,12-13,18H,6-10H2,1H3. The summed E-state index contributed by atoms with van der Waals surface area (Å²) < 4.78 is 0.982. The van der Waals surface area contributed by atoms with Crippen molar-refractivity contribution in [1.29, 1.82) is 0 Å². The Bertz CT molecular complexity index is 442. The summed E-state index contributed by atoms with van der Waals surface area (Å²) in [5.41, 5.74) is 1.02. The lowest BCUT2D eigenvalue weighted by molar-refractivity contribution is -0.132. The van der Waals surface area contributed by atoms with E-state index in [0.29, 0.717) is 6.42 Å². The highest BCUT2D eigenvalue weighted by molar-refractivity contribution is 9.10. The molecule has 1 saturated carbocycles. The highest BCUT2D eigenvalue weighted by Gasteiger charge is 2.25. The largest absolute Gasteiger partial charge is 0.393 e. The van der Waals surface area contributed by atoms with E-state index in [1.54, 1.807) is 0 Å². The van der Waals surface area contributed by atoms with Crippen LogP contribution in [0.15, 0.2) is 28.7 Å². The van der Waals surface area contributed by atoms with Gasteiger partial charge in [-0.25, -0.2) is 0 Å². The minimum absolute atomic E-state index is 0.147. The number of aliphatic hydroxyl groups is 1. The maximum Gasteiger partial charge on any atom is 0.227 e. The first kappa shape index (κ1) is 14.5. The molecule has 0 heterocycles. The highest BCUT2D eigenvalue weighted by atomic mass is 79.9. The van der Waals surface area contributed by atoms with Crippen LogP contribution in [-0.4, -0.2) is 35.1 Å². The lowest BCUT2D eigenvalue weighted by Gasteiger charge is -2.33. The maximum absolute atomic E-state index is 12.3. The summed E-state index contributed by atoms with van der Waals surface area (Å²) >= 11 is 3.47. The molecule has 1 aromatic rings. The minimum atomic E-state index is -0.178. The average molecular weight is 326 g/mol. The quantitative estimate of drug-likeness (QED) is 0.928. The Morgan fingerprint density at radius 3 is 2.58 bits per heavy atom. The number of nitrogens with zero attached hydrogens (tertiary/aromatic N) is 1. The van der Waals surface area contributed by atoms with Gasteiger partial charge >= 0.3 is 0 Å². The predicted octanol–water partition coefficient (Wildman–Crippen LogP) is 2.75. The van der Waals surface area contributed by atoms with Crippen molar-refractivity contribution in [2.75, 3.05) is 7.05 Å². The van der Waals surface area contributed by atoms with Gasteiger partial charge in [0.25, 0.3) is 0 Å². The number of rotatable bonds is 3. The zero-order valence-corrected chi connectivity index (χ0v) is 12.8. The van der Waals surface area contributed by atoms with Crippen LogP contribution in [0.2, 0.25) is 0 Å². The summed E-state index contributed by atoms with van der Waals surface area (Å²) in [5.74, 6) is 0.147. The fourth-order valence-electron chi connectivity index (χ4n) is 2.58. The Morgan fingerprint density at radius 2 is 1.95 bits per heavy atom. The lowest BCUT2D eigenvalue weighted by Crippen LogP contribution is -2.41. The third-order valence-corrected chi connectivity index (χ3v) is 4.68. The number of carbonyl (C=O) groups excluding carboxylic acids is 1. The Balaban J connectivity index is 1.94. The molecule has 0 spiro atoms. The Labute approximate surface area is 122 Å². The van der Waals surface area contributed by atoms with Gasteiger partial charge < -0.3 is 10.0 Å². The number of aliphatic hydroxyl groups excluding tert-OH is 1. The molecular formula is C15H20BrNO2. The maximum atomic E-state index is 12.3. The molecule has 0 atom stereocenters. The van der Waals surface area contributed by atoms with Gasteiger partial charge in [-0.3, -0.25) is 4.79 Å². The fraction of sp³-hybridized carbons (Fsp3) is 0.533. The molecule has 0 radical (unpaired) electrons. The fourth-order valence-corrected chi connectivity index (χ4v) is 3.00. The Kier molecular flexibility index (Phi) is 4.99. The third-order valence-electron chi connectivity index (χ3n) is 3.91. The van der Waals surface area contributed by atoms with Crippen LogP contribution in [0.25, 0.3) is 0 Å². The van der Waals surface area contributed by atoms with Gasteiger partial charge in [-0.05, 0) is 37.3 Å². The van der Waals surface area contributed by atoms with E-state index in [4.69, 9.17) is 0 Å². The van der Waals surface area contributed by atoms with Crippen LogP contribution < -0.4 is 0 Å². The number of hydrogen-bond acceptors (Lipinski definition) is 2. The van der Waals surface area contributed by atoms with E-state index in [9.17, 15) is 9.90 Å². The van der Waals surface area contributed by atoms with E-state index in [0.717, 1.165) is 35.7 Å². The van der Waals surface area contributed by atoms with Crippen molar-refractivity contribution in [3.63, 3.8) is 0 Å². The van der Waals surface area contributed by atoms with E-state index < -0.39 is 0 Å². The van der Waals surface area contributed by atoms with E-state index in [-0.39, 0.29) is 18.1 Å². The van der Waals surface area contributed by atoms with Gasteiger partial charge in [0.15, 0.2) is 0 Å². The monoisotopic (exact) mass is 325 g/mol. The van der Waals surface area contributed by atoms with Crippen LogP contribution in [0.3, 0.4) is 0 Å². The van der Waals surface area contributed by atoms with Crippen molar-refractivity contribution in [2.24, 2.45) is 0 Å². The molecule has 0 unspecified atom stereocenters. The van der Waals surface area contributed by atoms with Crippen molar-refractivity contribution >= 4 is 21.8 Å². The smallest absolute Gasteiger partial charge is 0.227 e. The van der Waals surface area contributed by atoms with Crippen LogP contribution >= 0.6 is 15.9 Å². The molecule has 0 aliphatic heterocycles. The molecule has 0 aromatic heterocycles. The first-order valence-corrected chi connectivity index (χ1v) is 7.54. The summed E-state index contributed by atoms with van der Waals surface area (Å²) in [4.78, 5) is 14.1. The summed E-state index contributed by atoms with van der Waals surface area (Å²) in [6, 6.07) is 8.10. The number of carbonyl (C=O) groups is 1. The van der Waals surface area contributed by atoms with Crippen molar-refractivity contribution in [3.8, 4) is 0 Å². The summed E-state index contributed by atoms with van der Waals surface area (Å²) in [6.45, 7) is 0. The highest BCUT2D eigenvalue weighted by Crippen LogP contribution is 2.23. The second kappa shape index (κ2) is 6.53. The Morgan fingerprint density at radius 1 is 1.32 bits per heavy atom. The number of hydrogen-bond donors (Lipinski definition) is 1. The topological polar surface area (TPSA) is 40.5 Å². The van der Waals surface area contributed by atoms with Gasteiger partial charge in [-0.2, -0.15) is 0 Å². The summed E-state index contributed by atoms with van der Waals surface area (Å²) in [6.07, 6.45) is 3.66. The van der Waals surface area contributed by atoms with Crippen LogP contribution in [-0.2, 0) is 11.2 Å². The zero-order valence-electron chi connectivity index (χ0n) is 11.2. The van der Waals surface area contributed by atoms with Gasteiger partial charge in [0.1, 0.15) is 0 Å². The third kappa shape index (κ3) is 3.80.